The Bertz CT molecular complexity index is 510. The third-order valence-electron chi connectivity index (χ3n) is 2.36. The summed E-state index contributed by atoms with van der Waals surface area (Å²) in [6.45, 7) is 0. The van der Waals surface area contributed by atoms with Crippen molar-refractivity contribution in [2.45, 2.75) is 18.7 Å². The lowest BCUT2D eigenvalue weighted by Crippen LogP contribution is -2.21. The highest BCUT2D eigenvalue weighted by molar-refractivity contribution is 5.18. The number of nitrogens with one attached hydrogen (secondary N) is 1. The minimum Gasteiger partial charge on any atom is -0.377 e. The summed E-state index contributed by atoms with van der Waals surface area (Å²) in [5.41, 5.74) is 1.39. The molecule has 0 aliphatic rings. The molecule has 0 aliphatic heterocycles. The molecule has 2 aromatic heterocycles. The third kappa shape index (κ3) is 2.86. The van der Waals surface area contributed by atoms with Gasteiger partial charge in [0.05, 0.1) is 0 Å². The molecule has 0 radical (unpaired) electrons. The van der Waals surface area contributed by atoms with Crippen LogP contribution in [-0.2, 0) is 6.42 Å². The molecule has 1 atom stereocenters. The molecule has 0 unspecified atom stereocenters. The number of alkyl halides is 3. The molecule has 96 valence electrons. The number of hydrogen-bond donors (Lipinski definition) is 2. The predicted octanol–water partition coefficient (Wildman–Crippen LogP) is 1.99. The van der Waals surface area contributed by atoms with E-state index in [2.05, 4.69) is 15.0 Å². The van der Waals surface area contributed by atoms with Crippen LogP contribution in [0.3, 0.4) is 0 Å². The second-order valence-corrected chi connectivity index (χ2v) is 3.77. The molecule has 0 spiro atoms. The second kappa shape index (κ2) is 4.77. The highest BCUT2D eigenvalue weighted by atomic mass is 19.4. The number of H-pyrrole nitrogens is 1. The summed E-state index contributed by atoms with van der Waals surface area (Å²) >= 11 is 0. The summed E-state index contributed by atoms with van der Waals surface area (Å²) in [5, 5.41) is 9.01. The van der Waals surface area contributed by atoms with Crippen molar-refractivity contribution in [1.29, 1.82) is 0 Å². The summed E-state index contributed by atoms with van der Waals surface area (Å²) < 4.78 is 36.8. The lowest BCUT2D eigenvalue weighted by Gasteiger charge is -2.11. The first-order chi connectivity index (χ1) is 8.47. The molecule has 2 N–H and O–H groups in total. The SMILES string of the molecule is O[C@@H](c1ncc(Cc2ccncc2)[nH]1)C(F)(F)F. The Balaban J connectivity index is 2.12. The van der Waals surface area contributed by atoms with Crippen LogP contribution < -0.4 is 0 Å². The molecule has 0 fully saturated rings. The van der Waals surface area contributed by atoms with Crippen molar-refractivity contribution < 1.29 is 18.3 Å². The molecule has 2 rings (SSSR count). The van der Waals surface area contributed by atoms with Gasteiger partial charge in [-0.1, -0.05) is 0 Å². The molecule has 0 amide bonds. The van der Waals surface area contributed by atoms with Crippen LogP contribution in [-0.4, -0.2) is 26.2 Å². The molecule has 0 aliphatic carbocycles. The van der Waals surface area contributed by atoms with E-state index in [1.54, 1.807) is 24.5 Å². The number of aliphatic hydroxyl groups is 1. The fraction of sp³-hybridized carbons (Fsp3) is 0.273. The van der Waals surface area contributed by atoms with Gasteiger partial charge >= 0.3 is 6.18 Å². The summed E-state index contributed by atoms with van der Waals surface area (Å²) in [6.07, 6.45) is -2.42. The van der Waals surface area contributed by atoms with Gasteiger partial charge in [0, 0.05) is 30.7 Å². The van der Waals surface area contributed by atoms with Crippen LogP contribution >= 0.6 is 0 Å². The minimum atomic E-state index is -4.72. The fourth-order valence-corrected chi connectivity index (χ4v) is 1.48. The van der Waals surface area contributed by atoms with E-state index < -0.39 is 18.1 Å². The Kier molecular flexibility index (Phi) is 3.33. The zero-order chi connectivity index (χ0) is 13.2. The van der Waals surface area contributed by atoms with Crippen LogP contribution in [0.1, 0.15) is 23.2 Å². The summed E-state index contributed by atoms with van der Waals surface area (Å²) in [4.78, 5) is 9.84. The van der Waals surface area contributed by atoms with E-state index in [1.807, 2.05) is 0 Å². The van der Waals surface area contributed by atoms with Crippen molar-refractivity contribution in [3.63, 3.8) is 0 Å². The van der Waals surface area contributed by atoms with E-state index in [-0.39, 0.29) is 0 Å². The van der Waals surface area contributed by atoms with Crippen LogP contribution in [0.15, 0.2) is 30.7 Å². The van der Waals surface area contributed by atoms with Crippen LogP contribution in [0.25, 0.3) is 0 Å². The Morgan fingerprint density at radius 2 is 1.94 bits per heavy atom. The van der Waals surface area contributed by atoms with Gasteiger partial charge < -0.3 is 10.1 Å². The van der Waals surface area contributed by atoms with E-state index in [4.69, 9.17) is 5.11 Å². The van der Waals surface area contributed by atoms with E-state index in [0.29, 0.717) is 12.1 Å². The normalized spacial score (nSPS) is 13.6. The van der Waals surface area contributed by atoms with Gasteiger partial charge in [-0.15, -0.1) is 0 Å². The van der Waals surface area contributed by atoms with Crippen molar-refractivity contribution >= 4 is 0 Å². The molecule has 0 saturated carbocycles. The topological polar surface area (TPSA) is 61.8 Å². The molecule has 0 bridgehead atoms. The van der Waals surface area contributed by atoms with E-state index >= 15 is 0 Å². The molecule has 18 heavy (non-hydrogen) atoms. The predicted molar refractivity (Wildman–Crippen MR) is 56.6 cm³/mol. The quantitative estimate of drug-likeness (QED) is 0.883. The maximum Gasteiger partial charge on any atom is 0.421 e. The zero-order valence-electron chi connectivity index (χ0n) is 9.15. The number of rotatable bonds is 3. The zero-order valence-corrected chi connectivity index (χ0v) is 9.15. The van der Waals surface area contributed by atoms with Gasteiger partial charge in [-0.3, -0.25) is 4.98 Å². The van der Waals surface area contributed by atoms with Gasteiger partial charge in [0.2, 0.25) is 6.10 Å². The van der Waals surface area contributed by atoms with E-state index in [1.165, 1.54) is 6.20 Å². The molecule has 7 heteroatoms. The fourth-order valence-electron chi connectivity index (χ4n) is 1.48. The van der Waals surface area contributed by atoms with Gasteiger partial charge in [-0.2, -0.15) is 13.2 Å². The molecule has 2 heterocycles. The van der Waals surface area contributed by atoms with Crippen LogP contribution in [0.5, 0.6) is 0 Å². The average molecular weight is 257 g/mol. The first-order valence-electron chi connectivity index (χ1n) is 5.14. The molecule has 0 aromatic carbocycles. The number of hydrogen-bond acceptors (Lipinski definition) is 3. The minimum absolute atomic E-state index is 0.403. The van der Waals surface area contributed by atoms with Crippen molar-refractivity contribution in [2.24, 2.45) is 0 Å². The average Bonchev–Trinajstić information content (AvgIpc) is 2.76. The second-order valence-electron chi connectivity index (χ2n) is 3.77. The highest BCUT2D eigenvalue weighted by Gasteiger charge is 2.41. The Morgan fingerprint density at radius 3 is 2.56 bits per heavy atom. The van der Waals surface area contributed by atoms with Gasteiger partial charge in [0.15, 0.2) is 0 Å². The number of aliphatic hydroxyl groups excluding tert-OH is 1. The lowest BCUT2D eigenvalue weighted by molar-refractivity contribution is -0.209. The van der Waals surface area contributed by atoms with Gasteiger partial charge in [-0.25, -0.2) is 4.98 Å². The van der Waals surface area contributed by atoms with Crippen molar-refractivity contribution in [3.8, 4) is 0 Å². The first kappa shape index (κ1) is 12.6. The van der Waals surface area contributed by atoms with Gasteiger partial charge in [-0.05, 0) is 17.7 Å². The Labute approximate surface area is 101 Å². The largest absolute Gasteiger partial charge is 0.421 e. The van der Waals surface area contributed by atoms with Crippen LogP contribution in [0, 0.1) is 0 Å². The summed E-state index contributed by atoms with van der Waals surface area (Å²) in [7, 11) is 0. The molecule has 4 nitrogen and oxygen atoms in total. The van der Waals surface area contributed by atoms with Crippen LogP contribution in [0.4, 0.5) is 13.2 Å². The maximum absolute atomic E-state index is 12.3. The van der Waals surface area contributed by atoms with Crippen LogP contribution in [0.2, 0.25) is 0 Å². The number of halogens is 3. The number of aromatic amines is 1. The highest BCUT2D eigenvalue weighted by Crippen LogP contribution is 2.30. The number of aromatic nitrogens is 3. The number of nitrogens with zero attached hydrogens (tertiary/aromatic N) is 2. The van der Waals surface area contributed by atoms with E-state index in [0.717, 1.165) is 5.56 Å². The van der Waals surface area contributed by atoms with Crippen molar-refractivity contribution in [1.82, 2.24) is 15.0 Å². The number of imidazole rings is 1. The van der Waals surface area contributed by atoms with E-state index in [9.17, 15) is 13.2 Å². The molecule has 0 saturated heterocycles. The summed E-state index contributed by atoms with van der Waals surface area (Å²) in [5.74, 6) is -0.494. The first-order valence-corrected chi connectivity index (χ1v) is 5.14. The van der Waals surface area contributed by atoms with Gasteiger partial charge in [0.25, 0.3) is 0 Å². The third-order valence-corrected chi connectivity index (χ3v) is 2.36. The molecular formula is C11H10F3N3O. The Hall–Kier alpha value is -1.89. The maximum atomic E-state index is 12.3. The van der Waals surface area contributed by atoms with Crippen molar-refractivity contribution in [3.05, 3.63) is 47.8 Å². The molecule has 2 aromatic rings. The smallest absolute Gasteiger partial charge is 0.377 e. The van der Waals surface area contributed by atoms with Gasteiger partial charge in [0.1, 0.15) is 5.82 Å². The Morgan fingerprint density at radius 1 is 1.28 bits per heavy atom. The monoisotopic (exact) mass is 257 g/mol. The standard InChI is InChI=1S/C11H10F3N3O/c12-11(13,14)9(18)10-16-6-8(17-10)5-7-1-3-15-4-2-7/h1-4,6,9,18H,5H2,(H,16,17)/t9-/m0/s1. The van der Waals surface area contributed by atoms with Crippen molar-refractivity contribution in [2.75, 3.05) is 0 Å². The molecular weight excluding hydrogens is 247 g/mol. The summed E-state index contributed by atoms with van der Waals surface area (Å²) in [6, 6.07) is 3.50. The number of pyridine rings is 1. The lowest BCUT2D eigenvalue weighted by atomic mass is 10.1.